The van der Waals surface area contributed by atoms with E-state index in [1.165, 1.54) is 24.8 Å². The first kappa shape index (κ1) is 16.4. The Bertz CT molecular complexity index is 412. The van der Waals surface area contributed by atoms with E-state index in [-0.39, 0.29) is 0 Å². The van der Waals surface area contributed by atoms with Gasteiger partial charge < -0.3 is 10.1 Å². The van der Waals surface area contributed by atoms with Gasteiger partial charge in [-0.2, -0.15) is 0 Å². The van der Waals surface area contributed by atoms with Crippen molar-refractivity contribution in [1.29, 1.82) is 0 Å². The summed E-state index contributed by atoms with van der Waals surface area (Å²) in [5.74, 6) is 4.09. The van der Waals surface area contributed by atoms with Crippen molar-refractivity contribution < 1.29 is 4.74 Å². The second-order valence-electron chi connectivity index (χ2n) is 6.76. The van der Waals surface area contributed by atoms with Gasteiger partial charge in [-0.3, -0.25) is 0 Å². The predicted molar refractivity (Wildman–Crippen MR) is 89.9 cm³/mol. The minimum absolute atomic E-state index is 0.691. The van der Waals surface area contributed by atoms with Crippen LogP contribution in [-0.4, -0.2) is 20.2 Å². The fraction of sp³-hybridized carbons (Fsp3) is 0.684. The number of nitrogens with one attached hydrogen (secondary N) is 1. The van der Waals surface area contributed by atoms with Crippen LogP contribution in [0.5, 0.6) is 5.75 Å². The summed E-state index contributed by atoms with van der Waals surface area (Å²) in [5, 5.41) is 3.56. The van der Waals surface area contributed by atoms with E-state index in [4.69, 9.17) is 4.74 Å². The topological polar surface area (TPSA) is 21.3 Å². The molecule has 3 atom stereocenters. The predicted octanol–water partition coefficient (Wildman–Crippen LogP) is 4.46. The Labute approximate surface area is 130 Å². The molecule has 118 valence electrons. The molecule has 0 spiro atoms. The number of rotatable bonds is 6. The van der Waals surface area contributed by atoms with Crippen LogP contribution in [0.4, 0.5) is 0 Å². The second-order valence-corrected chi connectivity index (χ2v) is 6.76. The Hall–Kier alpha value is -1.02. The average Bonchev–Trinajstić information content (AvgIpc) is 2.52. The van der Waals surface area contributed by atoms with Crippen LogP contribution in [0.25, 0.3) is 0 Å². The molecule has 2 rings (SSSR count). The highest BCUT2D eigenvalue weighted by molar-refractivity contribution is 5.30. The SMILES string of the molecule is CCNCC1CCC(C(C)C)CC1c1ccc(OC)cc1. The van der Waals surface area contributed by atoms with Crippen molar-refractivity contribution in [2.75, 3.05) is 20.2 Å². The van der Waals surface area contributed by atoms with Gasteiger partial charge in [-0.1, -0.05) is 32.9 Å². The molecule has 0 radical (unpaired) electrons. The van der Waals surface area contributed by atoms with Gasteiger partial charge in [0.05, 0.1) is 7.11 Å². The van der Waals surface area contributed by atoms with Crippen LogP contribution in [0.3, 0.4) is 0 Å². The Morgan fingerprint density at radius 3 is 2.48 bits per heavy atom. The first-order valence-corrected chi connectivity index (χ1v) is 8.50. The highest BCUT2D eigenvalue weighted by Gasteiger charge is 2.32. The lowest BCUT2D eigenvalue weighted by Gasteiger charge is -2.38. The second kappa shape index (κ2) is 7.84. The zero-order valence-corrected chi connectivity index (χ0v) is 14.1. The van der Waals surface area contributed by atoms with E-state index in [0.29, 0.717) is 5.92 Å². The molecule has 0 saturated heterocycles. The van der Waals surface area contributed by atoms with Gasteiger partial charge in [0, 0.05) is 0 Å². The number of hydrogen-bond acceptors (Lipinski definition) is 2. The summed E-state index contributed by atoms with van der Waals surface area (Å²) in [4.78, 5) is 0. The minimum Gasteiger partial charge on any atom is -0.497 e. The fourth-order valence-corrected chi connectivity index (χ4v) is 3.70. The maximum absolute atomic E-state index is 5.30. The Morgan fingerprint density at radius 1 is 1.19 bits per heavy atom. The largest absolute Gasteiger partial charge is 0.497 e. The first-order chi connectivity index (χ1) is 10.2. The first-order valence-electron chi connectivity index (χ1n) is 8.50. The summed E-state index contributed by atoms with van der Waals surface area (Å²) < 4.78 is 5.30. The van der Waals surface area contributed by atoms with Crippen LogP contribution in [0.2, 0.25) is 0 Å². The molecule has 3 unspecified atom stereocenters. The third kappa shape index (κ3) is 4.23. The summed E-state index contributed by atoms with van der Waals surface area (Å²) >= 11 is 0. The van der Waals surface area contributed by atoms with Crippen molar-refractivity contribution in [3.05, 3.63) is 29.8 Å². The number of hydrogen-bond donors (Lipinski definition) is 1. The third-order valence-electron chi connectivity index (χ3n) is 5.18. The summed E-state index contributed by atoms with van der Waals surface area (Å²) in [5.41, 5.74) is 1.49. The zero-order valence-electron chi connectivity index (χ0n) is 14.1. The molecule has 0 aromatic heterocycles. The lowest BCUT2D eigenvalue weighted by Crippen LogP contribution is -2.33. The van der Waals surface area contributed by atoms with Gasteiger partial charge in [-0.05, 0) is 73.7 Å². The normalized spacial score (nSPS) is 26.0. The van der Waals surface area contributed by atoms with E-state index in [1.807, 2.05) is 0 Å². The van der Waals surface area contributed by atoms with Crippen molar-refractivity contribution in [3.63, 3.8) is 0 Å². The molecule has 1 saturated carbocycles. The van der Waals surface area contributed by atoms with E-state index < -0.39 is 0 Å². The molecule has 0 amide bonds. The molecule has 2 heteroatoms. The molecule has 2 nitrogen and oxygen atoms in total. The lowest BCUT2D eigenvalue weighted by molar-refractivity contribution is 0.191. The van der Waals surface area contributed by atoms with Crippen LogP contribution < -0.4 is 10.1 Å². The van der Waals surface area contributed by atoms with Crippen molar-refractivity contribution in [3.8, 4) is 5.75 Å². The molecular weight excluding hydrogens is 258 g/mol. The number of methoxy groups -OCH3 is 1. The van der Waals surface area contributed by atoms with Gasteiger partial charge in [0.2, 0.25) is 0 Å². The smallest absolute Gasteiger partial charge is 0.118 e. The quantitative estimate of drug-likeness (QED) is 0.835. The van der Waals surface area contributed by atoms with Crippen molar-refractivity contribution in [2.45, 2.75) is 46.0 Å². The molecule has 1 aliphatic carbocycles. The zero-order chi connectivity index (χ0) is 15.2. The van der Waals surface area contributed by atoms with Crippen molar-refractivity contribution >= 4 is 0 Å². The van der Waals surface area contributed by atoms with Crippen LogP contribution in [0, 0.1) is 17.8 Å². The van der Waals surface area contributed by atoms with Gasteiger partial charge in [0.1, 0.15) is 5.75 Å². The molecular formula is C19H31NO. The lowest BCUT2D eigenvalue weighted by atomic mass is 9.68. The molecule has 0 aliphatic heterocycles. The molecule has 1 N–H and O–H groups in total. The van der Waals surface area contributed by atoms with Gasteiger partial charge in [-0.15, -0.1) is 0 Å². The van der Waals surface area contributed by atoms with E-state index in [9.17, 15) is 0 Å². The van der Waals surface area contributed by atoms with Gasteiger partial charge in [0.15, 0.2) is 0 Å². The van der Waals surface area contributed by atoms with Crippen LogP contribution in [0.15, 0.2) is 24.3 Å². The highest BCUT2D eigenvalue weighted by atomic mass is 16.5. The van der Waals surface area contributed by atoms with Gasteiger partial charge in [0.25, 0.3) is 0 Å². The maximum atomic E-state index is 5.30. The number of ether oxygens (including phenoxy) is 1. The van der Waals surface area contributed by atoms with E-state index in [1.54, 1.807) is 7.11 Å². The van der Waals surface area contributed by atoms with Crippen molar-refractivity contribution in [1.82, 2.24) is 5.32 Å². The maximum Gasteiger partial charge on any atom is 0.118 e. The van der Waals surface area contributed by atoms with Gasteiger partial charge >= 0.3 is 0 Å². The molecule has 1 aromatic carbocycles. The molecule has 1 fully saturated rings. The van der Waals surface area contributed by atoms with Crippen LogP contribution in [0.1, 0.15) is 51.5 Å². The summed E-state index contributed by atoms with van der Waals surface area (Å²) in [6.45, 7) is 9.17. The standard InChI is InChI=1S/C19H31NO/c1-5-20-13-17-7-6-16(14(2)3)12-19(17)15-8-10-18(21-4)11-9-15/h8-11,14,16-17,19-20H,5-7,12-13H2,1-4H3. The fourth-order valence-electron chi connectivity index (χ4n) is 3.70. The summed E-state index contributed by atoms with van der Waals surface area (Å²) in [6, 6.07) is 8.76. The monoisotopic (exact) mass is 289 g/mol. The number of benzene rings is 1. The molecule has 0 bridgehead atoms. The summed E-state index contributed by atoms with van der Waals surface area (Å²) in [6.07, 6.45) is 4.08. The third-order valence-corrected chi connectivity index (χ3v) is 5.18. The molecule has 1 aliphatic rings. The average molecular weight is 289 g/mol. The Morgan fingerprint density at radius 2 is 1.90 bits per heavy atom. The molecule has 21 heavy (non-hydrogen) atoms. The van der Waals surface area contributed by atoms with Crippen LogP contribution in [-0.2, 0) is 0 Å². The minimum atomic E-state index is 0.691. The van der Waals surface area contributed by atoms with E-state index >= 15 is 0 Å². The van der Waals surface area contributed by atoms with E-state index in [2.05, 4.69) is 50.4 Å². The summed E-state index contributed by atoms with van der Waals surface area (Å²) in [7, 11) is 1.73. The van der Waals surface area contributed by atoms with Crippen LogP contribution >= 0.6 is 0 Å². The Kier molecular flexibility index (Phi) is 6.10. The molecule has 1 aromatic rings. The molecule has 0 heterocycles. The van der Waals surface area contributed by atoms with E-state index in [0.717, 1.165) is 36.6 Å². The highest BCUT2D eigenvalue weighted by Crippen LogP contribution is 2.43. The Balaban J connectivity index is 2.14. The van der Waals surface area contributed by atoms with Gasteiger partial charge in [-0.25, -0.2) is 0 Å². The van der Waals surface area contributed by atoms with Crippen molar-refractivity contribution in [2.24, 2.45) is 17.8 Å².